The molecule has 27 heavy (non-hydrogen) atoms. The van der Waals surface area contributed by atoms with Crippen LogP contribution in [0.1, 0.15) is 71.0 Å². The molecule has 1 fully saturated rings. The second-order valence-electron chi connectivity index (χ2n) is 8.03. The molecule has 150 valence electrons. The topological polar surface area (TPSA) is 27.7 Å². The van der Waals surface area contributed by atoms with Gasteiger partial charge in [0.1, 0.15) is 11.9 Å². The summed E-state index contributed by atoms with van der Waals surface area (Å²) in [5.41, 5.74) is 2.71. The van der Waals surface area contributed by atoms with Crippen LogP contribution in [0.5, 0.6) is 5.75 Å². The second kappa shape index (κ2) is 9.18. The van der Waals surface area contributed by atoms with E-state index in [1.807, 2.05) is 12.1 Å². The molecule has 1 aromatic carbocycles. The van der Waals surface area contributed by atoms with Crippen LogP contribution in [0.3, 0.4) is 0 Å². The Bertz CT molecular complexity index is 625. The van der Waals surface area contributed by atoms with Crippen LogP contribution in [0, 0.1) is 5.92 Å². The summed E-state index contributed by atoms with van der Waals surface area (Å²) in [7, 11) is -0.0217. The van der Waals surface area contributed by atoms with Crippen molar-refractivity contribution in [1.29, 1.82) is 0 Å². The van der Waals surface area contributed by atoms with Gasteiger partial charge in [-0.15, -0.1) is 0 Å². The molecule has 1 aliphatic heterocycles. The highest BCUT2D eigenvalue weighted by Gasteiger charge is 2.42. The zero-order valence-electron chi connectivity index (χ0n) is 17.6. The molecule has 0 N–H and O–H groups in total. The Labute approximate surface area is 166 Å². The molecule has 1 heterocycles. The van der Waals surface area contributed by atoms with Gasteiger partial charge < -0.3 is 13.9 Å². The van der Waals surface area contributed by atoms with Crippen LogP contribution in [0.2, 0.25) is 18.1 Å². The summed E-state index contributed by atoms with van der Waals surface area (Å²) in [5.74, 6) is 2.26. The molecule has 3 nitrogen and oxygen atoms in total. The highest BCUT2D eigenvalue weighted by atomic mass is 28.4. The van der Waals surface area contributed by atoms with Gasteiger partial charge in [-0.1, -0.05) is 52.2 Å². The van der Waals surface area contributed by atoms with Crippen LogP contribution in [-0.4, -0.2) is 15.4 Å². The first-order valence-corrected chi connectivity index (χ1v) is 13.4. The van der Waals surface area contributed by atoms with Gasteiger partial charge in [-0.25, -0.2) is 0 Å². The molecule has 1 aliphatic carbocycles. The molecule has 2 aliphatic rings. The van der Waals surface area contributed by atoms with E-state index in [1.54, 1.807) is 7.11 Å². The number of benzene rings is 1. The third kappa shape index (κ3) is 4.36. The zero-order chi connectivity index (χ0) is 19.3. The first-order chi connectivity index (χ1) is 13.2. The van der Waals surface area contributed by atoms with Gasteiger partial charge in [-0.05, 0) is 55.1 Å². The van der Waals surface area contributed by atoms with Gasteiger partial charge in [0.25, 0.3) is 14.3 Å². The fourth-order valence-corrected chi connectivity index (χ4v) is 7.11. The minimum atomic E-state index is -1.74. The lowest BCUT2D eigenvalue weighted by molar-refractivity contribution is 0.0436. The third-order valence-electron chi connectivity index (χ3n) is 6.71. The Balaban J connectivity index is 1.90. The van der Waals surface area contributed by atoms with Gasteiger partial charge >= 0.3 is 0 Å². The molecule has 1 saturated carbocycles. The average molecular weight is 389 g/mol. The third-order valence-corrected chi connectivity index (χ3v) is 11.2. The number of hydrogen-bond acceptors (Lipinski definition) is 3. The Morgan fingerprint density at radius 2 is 1.63 bits per heavy atom. The van der Waals surface area contributed by atoms with E-state index in [4.69, 9.17) is 13.9 Å². The zero-order valence-corrected chi connectivity index (χ0v) is 18.6. The van der Waals surface area contributed by atoms with Crippen LogP contribution in [0.4, 0.5) is 0 Å². The second-order valence-corrected chi connectivity index (χ2v) is 12.7. The van der Waals surface area contributed by atoms with Gasteiger partial charge in [0.15, 0.2) is 0 Å². The monoisotopic (exact) mass is 388 g/mol. The van der Waals surface area contributed by atoms with E-state index in [2.05, 4.69) is 32.9 Å². The lowest BCUT2D eigenvalue weighted by Crippen LogP contribution is -2.35. The van der Waals surface area contributed by atoms with E-state index in [9.17, 15) is 0 Å². The Morgan fingerprint density at radius 3 is 2.26 bits per heavy atom. The van der Waals surface area contributed by atoms with Gasteiger partial charge in [0, 0.05) is 11.5 Å². The molecule has 0 spiro atoms. The van der Waals surface area contributed by atoms with E-state index in [0.29, 0.717) is 5.92 Å². The molecule has 0 radical (unpaired) electrons. The van der Waals surface area contributed by atoms with E-state index in [1.165, 1.54) is 43.2 Å². The average Bonchev–Trinajstić information content (AvgIpc) is 3.02. The Hall–Kier alpha value is -1.42. The van der Waals surface area contributed by atoms with Crippen LogP contribution in [0.25, 0.3) is 0 Å². The minimum absolute atomic E-state index is 0.0938. The lowest BCUT2D eigenvalue weighted by Gasteiger charge is -2.30. The molecular formula is C23H36O3Si. The highest BCUT2D eigenvalue weighted by Crippen LogP contribution is 2.48. The Morgan fingerprint density at radius 1 is 0.963 bits per heavy atom. The van der Waals surface area contributed by atoms with Crippen molar-refractivity contribution in [3.8, 4) is 5.75 Å². The van der Waals surface area contributed by atoms with Crippen molar-refractivity contribution in [2.24, 2.45) is 5.92 Å². The van der Waals surface area contributed by atoms with E-state index >= 15 is 0 Å². The van der Waals surface area contributed by atoms with Crippen molar-refractivity contribution in [2.45, 2.75) is 83.5 Å². The molecule has 4 heteroatoms. The molecule has 3 rings (SSSR count). The molecule has 0 bridgehead atoms. The van der Waals surface area contributed by atoms with Crippen LogP contribution in [-0.2, 0) is 9.16 Å². The fourth-order valence-electron chi connectivity index (χ4n) is 4.60. The summed E-state index contributed by atoms with van der Waals surface area (Å²) in [4.78, 5) is 0. The molecule has 0 unspecified atom stereocenters. The quantitative estimate of drug-likeness (QED) is 0.472. The predicted molar refractivity (Wildman–Crippen MR) is 113 cm³/mol. The van der Waals surface area contributed by atoms with Crippen molar-refractivity contribution < 1.29 is 13.9 Å². The number of fused-ring (bicyclic) bond motifs is 1. The van der Waals surface area contributed by atoms with Gasteiger partial charge in [0.05, 0.1) is 7.11 Å². The summed E-state index contributed by atoms with van der Waals surface area (Å²) >= 11 is 0. The number of hydrogen-bond donors (Lipinski definition) is 0. The van der Waals surface area contributed by atoms with Crippen molar-refractivity contribution in [1.82, 2.24) is 0 Å². The predicted octanol–water partition coefficient (Wildman–Crippen LogP) is 6.97. The maximum atomic E-state index is 6.78. The number of ether oxygens (including phenoxy) is 2. The minimum Gasteiger partial charge on any atom is -0.519 e. The van der Waals surface area contributed by atoms with Crippen LogP contribution >= 0.6 is 0 Å². The normalized spacial score (nSPS) is 23.3. The number of rotatable bonds is 7. The molecular weight excluding hydrogens is 352 g/mol. The summed E-state index contributed by atoms with van der Waals surface area (Å²) < 4.78 is 18.7. The summed E-state index contributed by atoms with van der Waals surface area (Å²) in [6.07, 6.45) is 7.65. The SMILES string of the molecule is CC[Si](CC)(CC)OC1=C2CCCCCC[C@H]2[C@H](c2ccc(OC)cc2)O1. The van der Waals surface area contributed by atoms with E-state index < -0.39 is 8.32 Å². The molecule has 0 aromatic heterocycles. The van der Waals surface area contributed by atoms with Crippen molar-refractivity contribution >= 4 is 8.32 Å². The van der Waals surface area contributed by atoms with Gasteiger partial charge in [-0.3, -0.25) is 0 Å². The van der Waals surface area contributed by atoms with E-state index in [-0.39, 0.29) is 6.10 Å². The van der Waals surface area contributed by atoms with Crippen molar-refractivity contribution in [3.63, 3.8) is 0 Å². The van der Waals surface area contributed by atoms with Gasteiger partial charge in [0.2, 0.25) is 0 Å². The van der Waals surface area contributed by atoms with Crippen molar-refractivity contribution in [2.75, 3.05) is 7.11 Å². The standard InChI is InChI=1S/C23H36O3Si/c1-5-27(6-2,7-3)26-23-21-13-11-9-8-10-12-20(21)22(25-23)18-14-16-19(24-4)17-15-18/h14-17,20,22H,5-13H2,1-4H3/t20-,22+/m1/s1. The first-order valence-electron chi connectivity index (χ1n) is 10.9. The van der Waals surface area contributed by atoms with Crippen LogP contribution in [0.15, 0.2) is 35.8 Å². The lowest BCUT2D eigenvalue weighted by atomic mass is 9.82. The highest BCUT2D eigenvalue weighted by molar-refractivity contribution is 6.73. The first kappa shape index (κ1) is 20.3. The summed E-state index contributed by atoms with van der Waals surface area (Å²) in [6, 6.07) is 11.9. The molecule has 0 amide bonds. The maximum Gasteiger partial charge on any atom is 0.265 e. The van der Waals surface area contributed by atoms with Gasteiger partial charge in [-0.2, -0.15) is 0 Å². The fraction of sp³-hybridized carbons (Fsp3) is 0.652. The molecule has 1 aromatic rings. The molecule has 0 saturated heterocycles. The summed E-state index contributed by atoms with van der Waals surface area (Å²) in [5, 5.41) is 0. The smallest absolute Gasteiger partial charge is 0.265 e. The maximum absolute atomic E-state index is 6.78. The summed E-state index contributed by atoms with van der Waals surface area (Å²) in [6.45, 7) is 6.86. The number of methoxy groups -OCH3 is 1. The van der Waals surface area contributed by atoms with Crippen LogP contribution < -0.4 is 4.74 Å². The largest absolute Gasteiger partial charge is 0.519 e. The van der Waals surface area contributed by atoms with Crippen molar-refractivity contribution in [3.05, 3.63) is 41.3 Å². The Kier molecular flexibility index (Phi) is 6.91. The molecule has 2 atom stereocenters. The van der Waals surface area contributed by atoms with E-state index in [0.717, 1.165) is 36.2 Å².